The van der Waals surface area contributed by atoms with Crippen molar-refractivity contribution in [3.63, 3.8) is 0 Å². The maximum Gasteiger partial charge on any atom is 0.137 e. The fraction of sp³-hybridized carbons (Fsp3) is 0.256. The molecule has 17 aromatic carbocycles. The zero-order valence-electron chi connectivity index (χ0n) is 79.1. The van der Waals surface area contributed by atoms with Gasteiger partial charge >= 0.3 is 0 Å². The van der Waals surface area contributed by atoms with Crippen molar-refractivity contribution in [1.82, 2.24) is 0 Å². The molecule has 21 aromatic rings. The number of halogens is 2. The van der Waals surface area contributed by atoms with Crippen molar-refractivity contribution in [1.29, 1.82) is 0 Å². The predicted molar refractivity (Wildman–Crippen MR) is 585 cm³/mol. The molecular weight excluding hydrogens is 1820 g/mol. The van der Waals surface area contributed by atoms with Gasteiger partial charge in [0.25, 0.3) is 0 Å². The summed E-state index contributed by atoms with van der Waals surface area (Å²) in [4.78, 5) is 4.82. The molecule has 4 heterocycles. The van der Waals surface area contributed by atoms with Gasteiger partial charge in [-0.3, -0.25) is 0 Å². The van der Waals surface area contributed by atoms with E-state index in [1.165, 1.54) is 190 Å². The van der Waals surface area contributed by atoms with Gasteiger partial charge in [0, 0.05) is 125 Å². The Morgan fingerprint density at radius 2 is 0.558 bits per heavy atom. The molecule has 9 heteroatoms. The molecule has 0 atom stereocenters. The van der Waals surface area contributed by atoms with Crippen LogP contribution in [0.4, 0.5) is 45.5 Å². The van der Waals surface area contributed by atoms with Crippen molar-refractivity contribution in [2.24, 2.45) is 47.3 Å². The molecule has 682 valence electrons. The van der Waals surface area contributed by atoms with E-state index < -0.39 is 0 Å². The lowest BCUT2D eigenvalue weighted by Gasteiger charge is -2.61. The number of hydrogen-bond donors (Lipinski definition) is 1. The summed E-state index contributed by atoms with van der Waals surface area (Å²) in [5, 5.41) is 20.5. The van der Waals surface area contributed by atoms with E-state index in [9.17, 15) is 0 Å². The number of rotatable bonds is 8. The van der Waals surface area contributed by atoms with Gasteiger partial charge in [0.05, 0.1) is 11.4 Å². The molecule has 0 radical (unpaired) electrons. The van der Waals surface area contributed by atoms with Crippen molar-refractivity contribution in [2.75, 3.05) is 15.1 Å². The highest BCUT2D eigenvalue weighted by Gasteiger charge is 2.64. The van der Waals surface area contributed by atoms with Crippen LogP contribution in [0, 0.1) is 47.3 Å². The lowest BCUT2D eigenvalue weighted by molar-refractivity contribution is -0.0399. The Labute approximate surface area is 823 Å². The summed E-state index contributed by atoms with van der Waals surface area (Å²) >= 11 is 7.27. The molecule has 0 unspecified atom stereocenters. The van der Waals surface area contributed by atoms with Crippen molar-refractivity contribution in [2.45, 2.75) is 161 Å². The number of benzene rings is 17. The second-order valence-corrected chi connectivity index (χ2v) is 46.5. The summed E-state index contributed by atoms with van der Waals surface area (Å²) in [6.45, 7) is 20.4. The normalized spacial score (nSPS) is 21.3. The molecule has 10 aliphatic rings. The molecule has 2 spiro atoms. The summed E-state index contributed by atoms with van der Waals surface area (Å²) in [7, 11) is 0. The Hall–Kier alpha value is -12.9. The van der Waals surface area contributed by atoms with Crippen LogP contribution in [0.3, 0.4) is 0 Å². The van der Waals surface area contributed by atoms with E-state index in [1.807, 2.05) is 0 Å². The molecule has 8 fully saturated rings. The molecule has 138 heavy (non-hydrogen) atoms. The lowest BCUT2D eigenvalue weighted by Crippen LogP contribution is -2.55. The molecule has 8 saturated carbocycles. The number of furan rings is 4. The number of nitrogens with zero attached hydrogens (tertiary/aromatic N) is 2. The van der Waals surface area contributed by atoms with E-state index in [0.29, 0.717) is 23.7 Å². The molecule has 0 amide bonds. The van der Waals surface area contributed by atoms with E-state index in [1.54, 1.807) is 5.56 Å². The fourth-order valence-electron chi connectivity index (χ4n) is 28.1. The van der Waals surface area contributed by atoms with Crippen LogP contribution < -0.4 is 15.1 Å². The molecule has 8 bridgehead atoms. The zero-order chi connectivity index (χ0) is 92.2. The quantitative estimate of drug-likeness (QED) is 0.163. The highest BCUT2D eigenvalue weighted by atomic mass is 79.9. The van der Waals surface area contributed by atoms with Gasteiger partial charge in [0.15, 0.2) is 0 Å². The third-order valence-electron chi connectivity index (χ3n) is 33.9. The lowest BCUT2D eigenvalue weighted by atomic mass is 9.43. The van der Waals surface area contributed by atoms with E-state index in [4.69, 9.17) is 17.7 Å². The molecule has 7 nitrogen and oxygen atoms in total. The van der Waals surface area contributed by atoms with Gasteiger partial charge in [-0.2, -0.15) is 0 Å². The highest BCUT2D eigenvalue weighted by molar-refractivity contribution is 9.10. The number of hydrogen-bond acceptors (Lipinski definition) is 7. The third-order valence-corrected chi connectivity index (χ3v) is 34.9. The molecule has 31 rings (SSSR count). The second-order valence-electron chi connectivity index (χ2n) is 44.7. The largest absolute Gasteiger partial charge is 0.456 e. The Kier molecular flexibility index (Phi) is 19.5. The first kappa shape index (κ1) is 85.5. The molecule has 1 N–H and O–H groups in total. The number of fused-ring (bicyclic) bond motifs is 21. The number of nitrogens with one attached hydrogen (secondary N) is 1. The Bertz CT molecular complexity index is 8500. The van der Waals surface area contributed by atoms with E-state index in [-0.39, 0.29) is 34.5 Å². The second kappa shape index (κ2) is 31.6. The molecule has 4 aromatic heterocycles. The average Bonchev–Trinajstić information content (AvgIpc) is 1.50. The monoisotopic (exact) mass is 1930 g/mol. The minimum absolute atomic E-state index is 0. The smallest absolute Gasteiger partial charge is 0.137 e. The first-order valence-electron chi connectivity index (χ1n) is 49.9. The SMILES string of the molecule is Brc1ccc2c(c1)oc1cc3c(cc12)-c1cc2oc4cc(Br)ccc4c2cc1C31C2CC3CC(C2)CC1C3.C.CC(C)(C)c1ccc(N(c2ccc3c(c2)oc2cc4c(cc23)-c2cc3oc5cc(N(c6ccc(C(C)(C)C)cc6)c6cccc7ccccc67)ccc5c3cc2C42C3CC4CC(C3)CC2C4)c2cccc3ccccc23)cc1.CC(C)(C)c1ccc(Nc2cccc3ccccc23)cc1. The van der Waals surface area contributed by atoms with Crippen LogP contribution >= 0.6 is 31.9 Å². The minimum atomic E-state index is -0.0666. The van der Waals surface area contributed by atoms with Gasteiger partial charge in [-0.15, -0.1) is 0 Å². The third kappa shape index (κ3) is 13.4. The van der Waals surface area contributed by atoms with Gasteiger partial charge < -0.3 is 32.8 Å². The average molecular weight is 1930 g/mol. The van der Waals surface area contributed by atoms with Gasteiger partial charge in [0.1, 0.15) is 44.7 Å². The molecule has 0 aliphatic heterocycles. The fourth-order valence-corrected chi connectivity index (χ4v) is 28.8. The van der Waals surface area contributed by atoms with Gasteiger partial charge in [-0.1, -0.05) is 247 Å². The molecular formula is C129H113Br2N3O4. The standard InChI is InChI=1S/C74H64N2O2.C34H24Br2O2.C20H21N.CH4/c1-72(2,3)48-21-25-52(26-22-48)75(66-19-11-15-46-13-7-9-17-56(46)66)54-29-31-58-62-40-60-61-42-70-63(41-64(61)74(65(60)43-71(62)78-68(58)38-54)50-34-44-33-45(36-50)37-51(74)35-44)59-32-30-55(39-69(59)77-70)76(53-27-23-49(24-28-53)73(4,5)6)67-20-12-16-47-14-8-10-18-57(47)67;35-20-1-3-22-26-12-24-25-14-32-27(23-4-2-21(36)11-31(23)37-32)13-28(25)34(29(24)15-33(26)38-30(22)10-20)18-6-16-5-17(8-18)9-19(34)7-16;1-20(2,3)16-11-13-17(14-12-16)21-19-10-6-8-15-7-4-5-9-18(15)19;/h7-32,38-45,50-51H,33-37H2,1-6H3;1-4,10-19H,5-9H2;4-14,21H,1-3H3;1H4. The van der Waals surface area contributed by atoms with Crippen LogP contribution in [0.5, 0.6) is 0 Å². The van der Waals surface area contributed by atoms with Gasteiger partial charge in [0.2, 0.25) is 0 Å². The highest BCUT2D eigenvalue weighted by Crippen LogP contribution is 2.73. The number of anilines is 8. The first-order chi connectivity index (χ1) is 66.4. The van der Waals surface area contributed by atoms with Crippen molar-refractivity contribution in [3.05, 3.63) is 369 Å². The molecule has 10 aliphatic carbocycles. The first-order valence-corrected chi connectivity index (χ1v) is 51.5. The Morgan fingerprint density at radius 3 is 0.949 bits per heavy atom. The van der Waals surface area contributed by atoms with Crippen LogP contribution in [0.1, 0.15) is 173 Å². The zero-order valence-corrected chi connectivity index (χ0v) is 82.2. The van der Waals surface area contributed by atoms with Crippen molar-refractivity contribution in [3.8, 4) is 22.3 Å². The summed E-state index contributed by atoms with van der Waals surface area (Å²) in [6, 6.07) is 119. The molecule has 0 saturated heterocycles. The van der Waals surface area contributed by atoms with Crippen molar-refractivity contribution >= 4 is 197 Å². The van der Waals surface area contributed by atoms with E-state index >= 15 is 0 Å². The van der Waals surface area contributed by atoms with E-state index in [2.05, 4.69) is 431 Å². The maximum absolute atomic E-state index is 7.19. The van der Waals surface area contributed by atoms with Gasteiger partial charge in [-0.25, -0.2) is 0 Å². The predicted octanol–water partition coefficient (Wildman–Crippen LogP) is 38.3. The van der Waals surface area contributed by atoms with Crippen LogP contribution in [0.15, 0.2) is 348 Å². The van der Waals surface area contributed by atoms with Crippen molar-refractivity contribution < 1.29 is 17.7 Å². The topological polar surface area (TPSA) is 71.1 Å². The summed E-state index contributed by atoms with van der Waals surface area (Å²) in [5.74, 6) is 6.11. The Morgan fingerprint density at radius 1 is 0.261 bits per heavy atom. The Balaban J connectivity index is 0.000000134. The van der Waals surface area contributed by atoms with Gasteiger partial charge in [-0.05, 0) is 369 Å². The van der Waals surface area contributed by atoms with Crippen LogP contribution in [0.25, 0.3) is 142 Å². The van der Waals surface area contributed by atoms with Crippen LogP contribution in [-0.2, 0) is 27.1 Å². The van der Waals surface area contributed by atoms with E-state index in [0.717, 1.165) is 128 Å². The van der Waals surface area contributed by atoms with Crippen LogP contribution in [0.2, 0.25) is 0 Å². The summed E-state index contributed by atoms with van der Waals surface area (Å²) in [5.41, 5.74) is 32.5. The summed E-state index contributed by atoms with van der Waals surface area (Å²) in [6.07, 6.45) is 13.6. The van der Waals surface area contributed by atoms with Crippen LogP contribution in [-0.4, -0.2) is 0 Å². The summed E-state index contributed by atoms with van der Waals surface area (Å²) < 4.78 is 29.4. The minimum Gasteiger partial charge on any atom is -0.456 e. The maximum atomic E-state index is 7.19.